The van der Waals surface area contributed by atoms with Crippen LogP contribution in [0.4, 0.5) is 0 Å². The van der Waals surface area contributed by atoms with Crippen molar-refractivity contribution < 1.29 is 14.3 Å². The Kier molecular flexibility index (Phi) is 4.04. The first-order valence-electron chi connectivity index (χ1n) is 8.29. The van der Waals surface area contributed by atoms with Gasteiger partial charge in [0.1, 0.15) is 11.8 Å². The lowest BCUT2D eigenvalue weighted by atomic mass is 9.98. The van der Waals surface area contributed by atoms with Crippen LogP contribution in [0.1, 0.15) is 29.0 Å². The van der Waals surface area contributed by atoms with E-state index < -0.39 is 0 Å². The van der Waals surface area contributed by atoms with E-state index in [1.54, 1.807) is 29.6 Å². The second-order valence-electron chi connectivity index (χ2n) is 6.49. The van der Waals surface area contributed by atoms with Gasteiger partial charge in [0.25, 0.3) is 5.91 Å². The molecule has 2 saturated heterocycles. The van der Waals surface area contributed by atoms with E-state index in [9.17, 15) is 4.79 Å². The fraction of sp³-hybridized carbons (Fsp3) is 0.471. The number of rotatable bonds is 3. The largest absolute Gasteiger partial charge is 0.458 e. The Balaban J connectivity index is 1.38. The van der Waals surface area contributed by atoms with Crippen LogP contribution in [0, 0.1) is 6.92 Å². The SMILES string of the molecule is Cc1cnc(C(=O)N2CC[C@]3(C[C@@H](Oc4ncccn4)CO3)C2)cn1. The number of carbonyl (C=O) groups excluding carboxylic acids is 1. The summed E-state index contributed by atoms with van der Waals surface area (Å²) >= 11 is 0. The van der Waals surface area contributed by atoms with Crippen LogP contribution in [0.25, 0.3) is 0 Å². The topological polar surface area (TPSA) is 90.3 Å². The summed E-state index contributed by atoms with van der Waals surface area (Å²) in [5.41, 5.74) is 0.801. The van der Waals surface area contributed by atoms with Gasteiger partial charge in [0.15, 0.2) is 0 Å². The summed E-state index contributed by atoms with van der Waals surface area (Å²) in [4.78, 5) is 30.8. The molecule has 2 aromatic heterocycles. The molecule has 4 heterocycles. The van der Waals surface area contributed by atoms with E-state index >= 15 is 0 Å². The molecule has 2 fully saturated rings. The smallest absolute Gasteiger partial charge is 0.316 e. The first kappa shape index (κ1) is 15.9. The molecule has 8 nitrogen and oxygen atoms in total. The third kappa shape index (κ3) is 3.30. The number of nitrogens with zero attached hydrogens (tertiary/aromatic N) is 5. The van der Waals surface area contributed by atoms with Gasteiger partial charge in [-0.2, -0.15) is 0 Å². The van der Waals surface area contributed by atoms with Gasteiger partial charge in [0.2, 0.25) is 0 Å². The van der Waals surface area contributed by atoms with E-state index in [4.69, 9.17) is 9.47 Å². The predicted octanol–water partition coefficient (Wildman–Crippen LogP) is 1.03. The summed E-state index contributed by atoms with van der Waals surface area (Å²) < 4.78 is 11.8. The van der Waals surface area contributed by atoms with Gasteiger partial charge in [0.05, 0.1) is 30.6 Å². The van der Waals surface area contributed by atoms with Crippen molar-refractivity contribution in [3.8, 4) is 6.01 Å². The molecular formula is C17H19N5O3. The minimum atomic E-state index is -0.354. The zero-order valence-corrected chi connectivity index (χ0v) is 14.0. The second-order valence-corrected chi connectivity index (χ2v) is 6.49. The van der Waals surface area contributed by atoms with Gasteiger partial charge >= 0.3 is 6.01 Å². The highest BCUT2D eigenvalue weighted by atomic mass is 16.6. The molecule has 130 valence electrons. The van der Waals surface area contributed by atoms with Crippen molar-refractivity contribution in [1.29, 1.82) is 0 Å². The van der Waals surface area contributed by atoms with Gasteiger partial charge < -0.3 is 14.4 Å². The van der Waals surface area contributed by atoms with Crippen LogP contribution in [0.2, 0.25) is 0 Å². The van der Waals surface area contributed by atoms with Crippen LogP contribution < -0.4 is 4.74 Å². The van der Waals surface area contributed by atoms with E-state index in [2.05, 4.69) is 19.9 Å². The molecule has 0 aromatic carbocycles. The third-order valence-corrected chi connectivity index (χ3v) is 4.59. The average Bonchev–Trinajstić information content (AvgIpc) is 3.23. The Morgan fingerprint density at radius 1 is 1.28 bits per heavy atom. The van der Waals surface area contributed by atoms with E-state index in [1.165, 1.54) is 6.20 Å². The zero-order valence-electron chi connectivity index (χ0n) is 14.0. The molecule has 0 saturated carbocycles. The Morgan fingerprint density at radius 3 is 2.88 bits per heavy atom. The second kappa shape index (κ2) is 6.36. The van der Waals surface area contributed by atoms with Crippen LogP contribution in [0.3, 0.4) is 0 Å². The van der Waals surface area contributed by atoms with E-state index in [-0.39, 0.29) is 17.6 Å². The molecule has 2 aromatic rings. The maximum absolute atomic E-state index is 12.6. The normalized spacial score (nSPS) is 25.5. The summed E-state index contributed by atoms with van der Waals surface area (Å²) in [6.45, 7) is 3.50. The van der Waals surface area contributed by atoms with E-state index in [1.807, 2.05) is 6.92 Å². The molecule has 25 heavy (non-hydrogen) atoms. The first-order valence-corrected chi connectivity index (χ1v) is 8.29. The molecule has 0 unspecified atom stereocenters. The number of likely N-dealkylation sites (tertiary alicyclic amines) is 1. The molecule has 8 heteroatoms. The predicted molar refractivity (Wildman–Crippen MR) is 87.0 cm³/mol. The lowest BCUT2D eigenvalue weighted by Crippen LogP contribution is -2.36. The van der Waals surface area contributed by atoms with Crippen LogP contribution in [0.5, 0.6) is 6.01 Å². The number of aromatic nitrogens is 4. The minimum Gasteiger partial charge on any atom is -0.458 e. The molecule has 4 rings (SSSR count). The molecule has 1 amide bonds. The number of hydrogen-bond acceptors (Lipinski definition) is 7. The maximum atomic E-state index is 12.6. The van der Waals surface area contributed by atoms with Gasteiger partial charge in [0, 0.05) is 31.6 Å². The van der Waals surface area contributed by atoms with Crippen molar-refractivity contribution in [1.82, 2.24) is 24.8 Å². The number of hydrogen-bond donors (Lipinski definition) is 0. The zero-order chi connectivity index (χ0) is 17.3. The minimum absolute atomic E-state index is 0.100. The van der Waals surface area contributed by atoms with Crippen LogP contribution in [-0.4, -0.2) is 62.1 Å². The highest BCUT2D eigenvalue weighted by Gasteiger charge is 2.48. The molecule has 0 radical (unpaired) electrons. The fourth-order valence-corrected chi connectivity index (χ4v) is 3.34. The number of amides is 1. The van der Waals surface area contributed by atoms with Gasteiger partial charge in [-0.15, -0.1) is 0 Å². The summed E-state index contributed by atoms with van der Waals surface area (Å²) in [5.74, 6) is -0.108. The maximum Gasteiger partial charge on any atom is 0.316 e. The number of carbonyl (C=O) groups is 1. The Hall–Kier alpha value is -2.61. The van der Waals surface area contributed by atoms with Crippen molar-refractivity contribution in [2.24, 2.45) is 0 Å². The van der Waals surface area contributed by atoms with Crippen molar-refractivity contribution in [2.45, 2.75) is 31.5 Å². The van der Waals surface area contributed by atoms with Crippen LogP contribution in [-0.2, 0) is 4.74 Å². The Bertz CT molecular complexity index is 755. The van der Waals surface area contributed by atoms with Crippen molar-refractivity contribution in [3.05, 3.63) is 42.2 Å². The van der Waals surface area contributed by atoms with E-state index in [0.717, 1.165) is 12.1 Å². The lowest BCUT2D eigenvalue weighted by molar-refractivity contribution is 0.00967. The lowest BCUT2D eigenvalue weighted by Gasteiger charge is -2.23. The number of ether oxygens (including phenoxy) is 2. The van der Waals surface area contributed by atoms with Crippen molar-refractivity contribution in [2.75, 3.05) is 19.7 Å². The quantitative estimate of drug-likeness (QED) is 0.823. The highest BCUT2D eigenvalue weighted by Crippen LogP contribution is 2.36. The van der Waals surface area contributed by atoms with Crippen molar-refractivity contribution in [3.63, 3.8) is 0 Å². The van der Waals surface area contributed by atoms with Crippen LogP contribution in [0.15, 0.2) is 30.9 Å². The Morgan fingerprint density at radius 2 is 2.12 bits per heavy atom. The molecule has 2 aliphatic rings. The molecule has 0 bridgehead atoms. The monoisotopic (exact) mass is 341 g/mol. The average molecular weight is 341 g/mol. The van der Waals surface area contributed by atoms with Gasteiger partial charge in [-0.1, -0.05) is 0 Å². The molecule has 2 aliphatic heterocycles. The molecule has 0 N–H and O–H groups in total. The Labute approximate surface area is 145 Å². The third-order valence-electron chi connectivity index (χ3n) is 4.59. The summed E-state index contributed by atoms with van der Waals surface area (Å²) in [7, 11) is 0. The van der Waals surface area contributed by atoms with Crippen LogP contribution >= 0.6 is 0 Å². The first-order chi connectivity index (χ1) is 12.1. The van der Waals surface area contributed by atoms with Crippen molar-refractivity contribution >= 4 is 5.91 Å². The van der Waals surface area contributed by atoms with Gasteiger partial charge in [-0.3, -0.25) is 9.78 Å². The standard InChI is InChI=1S/C17H19N5O3/c1-12-8-21-14(9-20-12)15(23)22-6-3-17(11-22)7-13(10-24-17)25-16-18-4-2-5-19-16/h2,4-5,8-9,13H,3,6-7,10-11H2,1H3/t13-,17+/m1/s1. The molecule has 1 spiro atoms. The fourth-order valence-electron chi connectivity index (χ4n) is 3.34. The molecule has 2 atom stereocenters. The highest BCUT2D eigenvalue weighted by molar-refractivity contribution is 5.92. The molecule has 0 aliphatic carbocycles. The van der Waals surface area contributed by atoms with Gasteiger partial charge in [-0.25, -0.2) is 15.0 Å². The van der Waals surface area contributed by atoms with E-state index in [0.29, 0.717) is 37.8 Å². The summed E-state index contributed by atoms with van der Waals surface area (Å²) in [5, 5.41) is 0. The summed E-state index contributed by atoms with van der Waals surface area (Å²) in [6.07, 6.45) is 7.82. The number of aryl methyl sites for hydroxylation is 1. The van der Waals surface area contributed by atoms with Gasteiger partial charge in [-0.05, 0) is 19.4 Å². The summed E-state index contributed by atoms with van der Waals surface area (Å²) in [6, 6.07) is 2.10. The molecular weight excluding hydrogens is 322 g/mol.